The highest BCUT2D eigenvalue weighted by atomic mass is 79.9. The Kier molecular flexibility index (Phi) is 5.86. The number of hydrogen-bond donors (Lipinski definition) is 2. The Hall–Kier alpha value is -1.44. The van der Waals surface area contributed by atoms with Crippen LogP contribution >= 0.6 is 39.5 Å². The quantitative estimate of drug-likeness (QED) is 0.715. The molecule has 0 aliphatic carbocycles. The molecule has 2 aromatic carbocycles. The van der Waals surface area contributed by atoms with Gasteiger partial charge in [0, 0.05) is 27.2 Å². The zero-order chi connectivity index (χ0) is 16.9. The van der Waals surface area contributed by atoms with Crippen LogP contribution < -0.4 is 10.6 Å². The predicted molar refractivity (Wildman–Crippen MR) is 104 cm³/mol. The topological polar surface area (TPSA) is 58.2 Å². The fourth-order valence-corrected chi connectivity index (χ4v) is 4.76. The van der Waals surface area contributed by atoms with Gasteiger partial charge < -0.3 is 10.6 Å². The van der Waals surface area contributed by atoms with Crippen molar-refractivity contribution >= 4 is 57.0 Å². The van der Waals surface area contributed by atoms with E-state index in [1.165, 1.54) is 11.8 Å². The summed E-state index contributed by atoms with van der Waals surface area (Å²) in [6, 6.07) is 15.0. The molecule has 124 valence electrons. The minimum atomic E-state index is -0.190. The third kappa shape index (κ3) is 4.34. The molecule has 4 nitrogen and oxygen atoms in total. The SMILES string of the molecule is O=C(NCCSC1Sc2ccccc2NC1=O)c1ccc(Br)cc1. The summed E-state index contributed by atoms with van der Waals surface area (Å²) in [7, 11) is 0. The number of rotatable bonds is 5. The normalized spacial score (nSPS) is 16.2. The van der Waals surface area contributed by atoms with Crippen molar-refractivity contribution in [1.29, 1.82) is 0 Å². The van der Waals surface area contributed by atoms with Crippen LogP contribution in [0.1, 0.15) is 10.4 Å². The van der Waals surface area contributed by atoms with Crippen LogP contribution in [0.25, 0.3) is 0 Å². The van der Waals surface area contributed by atoms with Crippen LogP contribution in [0.3, 0.4) is 0 Å². The number of carbonyl (C=O) groups excluding carboxylic acids is 2. The highest BCUT2D eigenvalue weighted by Crippen LogP contribution is 2.39. The average molecular weight is 423 g/mol. The second kappa shape index (κ2) is 8.09. The molecule has 2 N–H and O–H groups in total. The summed E-state index contributed by atoms with van der Waals surface area (Å²) < 4.78 is 0.750. The van der Waals surface area contributed by atoms with Gasteiger partial charge in [-0.05, 0) is 36.4 Å². The third-order valence-electron chi connectivity index (χ3n) is 3.36. The second-order valence-electron chi connectivity index (χ2n) is 5.07. The second-order valence-corrected chi connectivity index (χ2v) is 8.64. The van der Waals surface area contributed by atoms with Crippen molar-refractivity contribution in [3.8, 4) is 0 Å². The molecule has 2 aromatic rings. The molecule has 3 rings (SSSR count). The van der Waals surface area contributed by atoms with E-state index in [0.29, 0.717) is 17.9 Å². The average Bonchev–Trinajstić information content (AvgIpc) is 2.59. The van der Waals surface area contributed by atoms with Crippen LogP contribution in [0, 0.1) is 0 Å². The minimum absolute atomic E-state index is 0.00272. The van der Waals surface area contributed by atoms with Crippen LogP contribution in [-0.4, -0.2) is 28.7 Å². The molecule has 0 spiro atoms. The maximum Gasteiger partial charge on any atom is 0.251 e. The van der Waals surface area contributed by atoms with E-state index in [1.54, 1.807) is 23.9 Å². The van der Waals surface area contributed by atoms with E-state index in [2.05, 4.69) is 26.6 Å². The summed E-state index contributed by atoms with van der Waals surface area (Å²) in [6.07, 6.45) is 0. The van der Waals surface area contributed by atoms with Crippen LogP contribution in [-0.2, 0) is 4.79 Å². The van der Waals surface area contributed by atoms with E-state index in [9.17, 15) is 9.59 Å². The number of benzene rings is 2. The van der Waals surface area contributed by atoms with E-state index in [0.717, 1.165) is 15.1 Å². The number of anilines is 1. The lowest BCUT2D eigenvalue weighted by molar-refractivity contribution is -0.114. The summed E-state index contributed by atoms with van der Waals surface area (Å²) in [6.45, 7) is 0.519. The van der Waals surface area contributed by atoms with Gasteiger partial charge in [-0.2, -0.15) is 0 Å². The fraction of sp³-hybridized carbons (Fsp3) is 0.176. The lowest BCUT2D eigenvalue weighted by atomic mass is 10.2. The minimum Gasteiger partial charge on any atom is -0.351 e. The first-order valence-corrected chi connectivity index (χ1v) is 10.1. The first kappa shape index (κ1) is 17.4. The van der Waals surface area contributed by atoms with Crippen molar-refractivity contribution < 1.29 is 9.59 Å². The van der Waals surface area contributed by atoms with Crippen molar-refractivity contribution in [2.45, 2.75) is 9.48 Å². The summed E-state index contributed by atoms with van der Waals surface area (Å²) in [5.74, 6) is 0.576. The Bertz CT molecular complexity index is 753. The molecule has 1 atom stereocenters. The number of thioether (sulfide) groups is 2. The van der Waals surface area contributed by atoms with Crippen molar-refractivity contribution in [1.82, 2.24) is 5.32 Å². The van der Waals surface area contributed by atoms with E-state index in [4.69, 9.17) is 0 Å². The number of fused-ring (bicyclic) bond motifs is 1. The molecule has 0 aromatic heterocycles. The Morgan fingerprint density at radius 1 is 1.21 bits per heavy atom. The highest BCUT2D eigenvalue weighted by Gasteiger charge is 2.26. The Labute approximate surface area is 157 Å². The monoisotopic (exact) mass is 422 g/mol. The van der Waals surface area contributed by atoms with Gasteiger partial charge in [-0.3, -0.25) is 9.59 Å². The predicted octanol–water partition coefficient (Wildman–Crippen LogP) is 3.98. The molecule has 0 radical (unpaired) electrons. The first-order chi connectivity index (χ1) is 11.6. The number of para-hydroxylation sites is 1. The van der Waals surface area contributed by atoms with Crippen LogP contribution in [0.5, 0.6) is 0 Å². The summed E-state index contributed by atoms with van der Waals surface area (Å²) >= 11 is 6.44. The molecule has 1 aliphatic heterocycles. The molecule has 1 heterocycles. The van der Waals surface area contributed by atoms with Crippen LogP contribution in [0.2, 0.25) is 0 Å². The Balaban J connectivity index is 1.46. The maximum absolute atomic E-state index is 12.1. The van der Waals surface area contributed by atoms with Crippen molar-refractivity contribution in [2.75, 3.05) is 17.6 Å². The van der Waals surface area contributed by atoms with Gasteiger partial charge in [-0.15, -0.1) is 11.8 Å². The Morgan fingerprint density at radius 2 is 1.96 bits per heavy atom. The number of halogens is 1. The summed E-state index contributed by atoms with van der Waals surface area (Å²) in [5, 5.41) is 5.79. The third-order valence-corrected chi connectivity index (χ3v) is 6.58. The largest absolute Gasteiger partial charge is 0.351 e. The fourth-order valence-electron chi connectivity index (χ4n) is 2.18. The van der Waals surface area contributed by atoms with Crippen LogP contribution in [0.4, 0.5) is 5.69 Å². The molecule has 1 unspecified atom stereocenters. The number of amides is 2. The number of carbonyl (C=O) groups is 2. The molecule has 7 heteroatoms. The van der Waals surface area contributed by atoms with Gasteiger partial charge in [-0.1, -0.05) is 39.8 Å². The molecular weight excluding hydrogens is 408 g/mol. The van der Waals surface area contributed by atoms with E-state index in [-0.39, 0.29) is 16.4 Å². The maximum atomic E-state index is 12.1. The molecule has 1 aliphatic rings. The molecule has 0 saturated heterocycles. The lowest BCUT2D eigenvalue weighted by Crippen LogP contribution is -2.29. The van der Waals surface area contributed by atoms with Gasteiger partial charge in [0.1, 0.15) is 4.58 Å². The smallest absolute Gasteiger partial charge is 0.251 e. The molecule has 2 amide bonds. The molecule has 0 fully saturated rings. The summed E-state index contributed by atoms with van der Waals surface area (Å²) in [4.78, 5) is 25.2. The number of nitrogens with one attached hydrogen (secondary N) is 2. The van der Waals surface area contributed by atoms with E-state index >= 15 is 0 Å². The molecular formula is C17H15BrN2O2S2. The van der Waals surface area contributed by atoms with Crippen LogP contribution in [0.15, 0.2) is 57.9 Å². The standard InChI is InChI=1S/C17H15BrN2O2S2/c18-12-7-5-11(6-8-12)15(21)19-9-10-23-17-16(22)20-13-3-1-2-4-14(13)24-17/h1-8,17H,9-10H2,(H,19,21)(H,20,22). The van der Waals surface area contributed by atoms with Gasteiger partial charge in [0.25, 0.3) is 5.91 Å². The molecule has 0 bridgehead atoms. The summed E-state index contributed by atoms with van der Waals surface area (Å²) in [5.41, 5.74) is 1.50. The van der Waals surface area contributed by atoms with Crippen molar-refractivity contribution in [3.05, 3.63) is 58.6 Å². The van der Waals surface area contributed by atoms with Crippen molar-refractivity contribution in [3.63, 3.8) is 0 Å². The van der Waals surface area contributed by atoms with Crippen molar-refractivity contribution in [2.24, 2.45) is 0 Å². The zero-order valence-electron chi connectivity index (χ0n) is 12.6. The molecule has 24 heavy (non-hydrogen) atoms. The highest BCUT2D eigenvalue weighted by molar-refractivity contribution is 9.10. The Morgan fingerprint density at radius 3 is 2.75 bits per heavy atom. The lowest BCUT2D eigenvalue weighted by Gasteiger charge is -2.23. The van der Waals surface area contributed by atoms with Gasteiger partial charge in [0.15, 0.2) is 0 Å². The first-order valence-electron chi connectivity index (χ1n) is 7.35. The number of hydrogen-bond acceptors (Lipinski definition) is 4. The van der Waals surface area contributed by atoms with Gasteiger partial charge in [0.05, 0.1) is 5.69 Å². The van der Waals surface area contributed by atoms with Gasteiger partial charge in [-0.25, -0.2) is 0 Å². The van der Waals surface area contributed by atoms with E-state index < -0.39 is 0 Å². The van der Waals surface area contributed by atoms with Gasteiger partial charge in [0.2, 0.25) is 5.91 Å². The zero-order valence-corrected chi connectivity index (χ0v) is 15.8. The molecule has 0 saturated carbocycles. The van der Waals surface area contributed by atoms with E-state index in [1.807, 2.05) is 36.4 Å². The van der Waals surface area contributed by atoms with Gasteiger partial charge >= 0.3 is 0 Å².